The molecule has 3 aromatic rings. The van der Waals surface area contributed by atoms with E-state index in [2.05, 4.69) is 0 Å². The molecular weight excluding hydrogens is 868 g/mol. The van der Waals surface area contributed by atoms with E-state index < -0.39 is 176 Å². The molecule has 4 aliphatic heterocycles. The van der Waals surface area contributed by atoms with E-state index in [0.717, 1.165) is 12.1 Å². The molecule has 356 valence electrons. The Bertz CT molecular complexity index is 2100. The number of aliphatic hydroxyl groups excluding tert-OH is 13. The lowest BCUT2D eigenvalue weighted by molar-refractivity contribution is -0.362. The van der Waals surface area contributed by atoms with Crippen molar-refractivity contribution in [3.8, 4) is 34.3 Å². The van der Waals surface area contributed by atoms with Crippen LogP contribution in [-0.4, -0.2) is 219 Å². The van der Waals surface area contributed by atoms with E-state index in [9.17, 15) is 81.4 Å². The summed E-state index contributed by atoms with van der Waals surface area (Å²) in [4.78, 5) is 14.5. The number of rotatable bonds is 12. The number of ether oxygens (including phenoxy) is 8. The van der Waals surface area contributed by atoms with Crippen LogP contribution in [0.15, 0.2) is 45.6 Å². The Kier molecular flexibility index (Phi) is 14.6. The molecule has 25 nitrogen and oxygen atoms in total. The highest BCUT2D eigenvalue weighted by molar-refractivity contribution is 5.88. The van der Waals surface area contributed by atoms with Gasteiger partial charge in [0.05, 0.1) is 25.9 Å². The normalized spacial score (nSPS) is 40.6. The van der Waals surface area contributed by atoms with Gasteiger partial charge in [0.2, 0.25) is 23.8 Å². The van der Waals surface area contributed by atoms with Gasteiger partial charge >= 0.3 is 0 Å². The monoisotopic (exact) mass is 918 g/mol. The molecule has 0 bridgehead atoms. The highest BCUT2D eigenvalue weighted by atomic mass is 16.8. The summed E-state index contributed by atoms with van der Waals surface area (Å²) in [7, 11) is 0. The summed E-state index contributed by atoms with van der Waals surface area (Å²) in [5, 5.41) is 156. The van der Waals surface area contributed by atoms with Crippen LogP contribution in [0.1, 0.15) is 6.92 Å². The molecule has 2 aromatic carbocycles. The van der Waals surface area contributed by atoms with E-state index in [1.165, 1.54) is 31.2 Å². The Hall–Kier alpha value is -3.91. The molecule has 20 atom stereocenters. The molecule has 25 heteroatoms. The second-order valence-electron chi connectivity index (χ2n) is 15.7. The van der Waals surface area contributed by atoms with Crippen LogP contribution < -0.4 is 14.9 Å². The fourth-order valence-corrected chi connectivity index (χ4v) is 7.61. The van der Waals surface area contributed by atoms with Gasteiger partial charge in [0, 0.05) is 17.7 Å². The van der Waals surface area contributed by atoms with Crippen molar-refractivity contribution >= 4 is 11.0 Å². The number of aromatic hydroxyl groups is 2. The van der Waals surface area contributed by atoms with Gasteiger partial charge in [-0.05, 0) is 31.2 Å². The molecule has 0 saturated carbocycles. The minimum atomic E-state index is -2.14. The summed E-state index contributed by atoms with van der Waals surface area (Å²) < 4.78 is 51.5. The lowest BCUT2D eigenvalue weighted by atomic mass is 9.97. The first kappa shape index (κ1) is 48.0. The summed E-state index contributed by atoms with van der Waals surface area (Å²) in [6.07, 6.45) is -35.5. The van der Waals surface area contributed by atoms with Gasteiger partial charge in [-0.15, -0.1) is 0 Å². The zero-order chi connectivity index (χ0) is 46.5. The van der Waals surface area contributed by atoms with Crippen molar-refractivity contribution in [3.05, 3.63) is 46.6 Å². The van der Waals surface area contributed by atoms with Gasteiger partial charge in [-0.1, -0.05) is 0 Å². The van der Waals surface area contributed by atoms with E-state index in [-0.39, 0.29) is 17.1 Å². The lowest BCUT2D eigenvalue weighted by Gasteiger charge is -2.46. The van der Waals surface area contributed by atoms with Crippen molar-refractivity contribution < 1.29 is 119 Å². The summed E-state index contributed by atoms with van der Waals surface area (Å²) in [6.45, 7) is -1.04. The maximum atomic E-state index is 14.5. The summed E-state index contributed by atoms with van der Waals surface area (Å²) in [5.74, 6) is -2.63. The number of benzene rings is 2. The van der Waals surface area contributed by atoms with E-state index in [1.807, 2.05) is 0 Å². The summed E-state index contributed by atoms with van der Waals surface area (Å²) in [5.41, 5.74) is -1.54. The van der Waals surface area contributed by atoms with Crippen LogP contribution >= 0.6 is 0 Å². The maximum absolute atomic E-state index is 14.5. The van der Waals surface area contributed by atoms with Crippen molar-refractivity contribution in [3.63, 3.8) is 0 Å². The van der Waals surface area contributed by atoms with Gasteiger partial charge in [0.15, 0.2) is 24.4 Å². The van der Waals surface area contributed by atoms with Crippen LogP contribution in [0.25, 0.3) is 22.3 Å². The zero-order valence-corrected chi connectivity index (χ0v) is 33.4. The lowest BCUT2D eigenvalue weighted by Crippen LogP contribution is -2.65. The Balaban J connectivity index is 1.27. The van der Waals surface area contributed by atoms with Crippen LogP contribution in [-0.2, 0) is 28.4 Å². The number of fused-ring (bicyclic) bond motifs is 1. The highest BCUT2D eigenvalue weighted by Gasteiger charge is 2.53. The first-order valence-corrected chi connectivity index (χ1v) is 19.9. The molecular formula is C39H50O25. The van der Waals surface area contributed by atoms with E-state index in [4.69, 9.17) is 42.3 Å². The second-order valence-corrected chi connectivity index (χ2v) is 15.7. The molecule has 64 heavy (non-hydrogen) atoms. The SMILES string of the molecule is CC1OC(OCC2OC(Oc3c(-c4ccc(O)cc4)oc4cc(OC5OC(CO)C(O)C(O)C5O)cc(O)c4c3=O)C(OC3OC(CO)C(O)C(O)C3O)C(O)C2O)C(O)C(O)C1O. The van der Waals surface area contributed by atoms with Crippen molar-refractivity contribution in [1.29, 1.82) is 0 Å². The second kappa shape index (κ2) is 19.5. The first-order chi connectivity index (χ1) is 30.3. The van der Waals surface area contributed by atoms with Gasteiger partial charge in [0.1, 0.15) is 114 Å². The van der Waals surface area contributed by atoms with E-state index >= 15 is 0 Å². The van der Waals surface area contributed by atoms with Gasteiger partial charge in [-0.25, -0.2) is 0 Å². The predicted molar refractivity (Wildman–Crippen MR) is 204 cm³/mol. The molecule has 0 amide bonds. The largest absolute Gasteiger partial charge is 0.508 e. The highest BCUT2D eigenvalue weighted by Crippen LogP contribution is 2.40. The summed E-state index contributed by atoms with van der Waals surface area (Å²) >= 11 is 0. The first-order valence-electron chi connectivity index (χ1n) is 19.9. The van der Waals surface area contributed by atoms with Gasteiger partial charge in [-0.2, -0.15) is 0 Å². The van der Waals surface area contributed by atoms with Crippen LogP contribution in [0.2, 0.25) is 0 Å². The maximum Gasteiger partial charge on any atom is 0.239 e. The third-order valence-electron chi connectivity index (χ3n) is 11.4. The number of hydrogen-bond donors (Lipinski definition) is 15. The quantitative estimate of drug-likeness (QED) is 0.0804. The van der Waals surface area contributed by atoms with E-state index in [0.29, 0.717) is 0 Å². The number of phenolic OH excluding ortho intramolecular Hbond substituents is 2. The van der Waals surface area contributed by atoms with Gasteiger partial charge in [-0.3, -0.25) is 4.79 Å². The standard InChI is InChI=1S/C39H50O25/c1-11-21(44)26(49)30(53)36(57-11)56-10-19-24(47)29(52)35(64-38-32(55)28(51)23(46)18(9-41)61-38)39(62-19)63-34-25(48)20-15(43)6-14(58-37-31(54)27(50)22(45)17(8-40)60-37)7-16(20)59-33(34)12-2-4-13(42)5-3-12/h2-7,11,17-19,21-24,26-32,35-47,49-55H,8-10H2,1H3. The van der Waals surface area contributed by atoms with Crippen molar-refractivity contribution in [2.24, 2.45) is 0 Å². The minimum Gasteiger partial charge on any atom is -0.508 e. The molecule has 0 aliphatic carbocycles. The van der Waals surface area contributed by atoms with Gasteiger partial charge < -0.3 is 119 Å². The van der Waals surface area contributed by atoms with Crippen LogP contribution in [0.5, 0.6) is 23.0 Å². The molecule has 4 fully saturated rings. The summed E-state index contributed by atoms with van der Waals surface area (Å²) in [6, 6.07) is 6.92. The molecule has 0 spiro atoms. The Morgan fingerprint density at radius 3 is 1.75 bits per heavy atom. The Morgan fingerprint density at radius 1 is 0.578 bits per heavy atom. The third kappa shape index (κ3) is 9.25. The van der Waals surface area contributed by atoms with Gasteiger partial charge in [0.25, 0.3) is 0 Å². The van der Waals surface area contributed by atoms with Crippen LogP contribution in [0.3, 0.4) is 0 Å². The topological polar surface area (TPSA) is 408 Å². The molecule has 0 radical (unpaired) electrons. The Labute approximate surface area is 360 Å². The molecule has 5 heterocycles. The third-order valence-corrected chi connectivity index (χ3v) is 11.4. The van der Waals surface area contributed by atoms with E-state index in [1.54, 1.807) is 0 Å². The number of hydrogen-bond acceptors (Lipinski definition) is 25. The van der Waals surface area contributed by atoms with Crippen LogP contribution in [0.4, 0.5) is 0 Å². The minimum absolute atomic E-state index is 0.0209. The molecule has 15 N–H and O–H groups in total. The smallest absolute Gasteiger partial charge is 0.239 e. The number of aliphatic hydroxyl groups is 13. The van der Waals surface area contributed by atoms with Crippen molar-refractivity contribution in [2.45, 2.75) is 130 Å². The molecule has 1 aromatic heterocycles. The van der Waals surface area contributed by atoms with Crippen molar-refractivity contribution in [2.75, 3.05) is 19.8 Å². The predicted octanol–water partition coefficient (Wildman–Crippen LogP) is -6.10. The fraction of sp³-hybridized carbons (Fsp3) is 0.615. The molecule has 4 aliphatic rings. The molecule has 7 rings (SSSR count). The zero-order valence-electron chi connectivity index (χ0n) is 33.4. The van der Waals surface area contributed by atoms with Crippen molar-refractivity contribution in [1.82, 2.24) is 0 Å². The Morgan fingerprint density at radius 2 is 1.12 bits per heavy atom. The van der Waals surface area contributed by atoms with Crippen LogP contribution in [0, 0.1) is 0 Å². The molecule has 20 unspecified atom stereocenters. The number of phenols is 2. The average Bonchev–Trinajstić information content (AvgIpc) is 3.27. The molecule has 4 saturated heterocycles. The fourth-order valence-electron chi connectivity index (χ4n) is 7.61. The average molecular weight is 919 g/mol.